The quantitative estimate of drug-likeness (QED) is 0.624. The molecule has 0 unspecified atom stereocenters. The van der Waals surface area contributed by atoms with Crippen molar-refractivity contribution < 1.29 is 14.6 Å². The second-order valence-corrected chi connectivity index (χ2v) is 4.00. The van der Waals surface area contributed by atoms with E-state index in [0.717, 1.165) is 12.1 Å². The highest BCUT2D eigenvalue weighted by Crippen LogP contribution is 2.15. The minimum absolute atomic E-state index is 0.124. The minimum Gasteiger partial charge on any atom is -0.508 e. The highest BCUT2D eigenvalue weighted by atomic mass is 16.5. The van der Waals surface area contributed by atoms with Gasteiger partial charge in [-0.3, -0.25) is 4.79 Å². The normalized spacial score (nSPS) is 10.3. The number of ether oxygens (including phenoxy) is 1. The molecule has 0 fully saturated rings. The molecule has 0 heterocycles. The Morgan fingerprint density at radius 2 is 2.11 bits per heavy atom. The number of aryl methyl sites for hydroxylation is 1. The standard InChI is InChI=1S/C13H20N2O3/c1-10-9-11(16)3-4-12(10)13(17)15-6-5-14-7-8-18-2/h3-4,9,14,16H,5-8H2,1-2H3,(H,15,17). The van der Waals surface area contributed by atoms with Crippen LogP contribution in [0.25, 0.3) is 0 Å². The predicted molar refractivity (Wildman–Crippen MR) is 69.9 cm³/mol. The van der Waals surface area contributed by atoms with Gasteiger partial charge in [-0.25, -0.2) is 0 Å². The maximum absolute atomic E-state index is 11.8. The van der Waals surface area contributed by atoms with Gasteiger partial charge < -0.3 is 20.5 Å². The van der Waals surface area contributed by atoms with Crippen LogP contribution < -0.4 is 10.6 Å². The summed E-state index contributed by atoms with van der Waals surface area (Å²) in [6.07, 6.45) is 0. The zero-order valence-electron chi connectivity index (χ0n) is 10.8. The predicted octanol–water partition coefficient (Wildman–Crippen LogP) is 0.666. The van der Waals surface area contributed by atoms with Crippen LogP contribution in [-0.2, 0) is 4.74 Å². The van der Waals surface area contributed by atoms with Crippen LogP contribution >= 0.6 is 0 Å². The van der Waals surface area contributed by atoms with Crippen LogP contribution in [0.1, 0.15) is 15.9 Å². The lowest BCUT2D eigenvalue weighted by molar-refractivity contribution is 0.0953. The fourth-order valence-electron chi connectivity index (χ4n) is 1.56. The van der Waals surface area contributed by atoms with E-state index in [4.69, 9.17) is 4.74 Å². The van der Waals surface area contributed by atoms with E-state index in [0.29, 0.717) is 25.3 Å². The number of hydrogen-bond donors (Lipinski definition) is 3. The summed E-state index contributed by atoms with van der Waals surface area (Å²) in [5, 5.41) is 15.2. The Kier molecular flexibility index (Phi) is 6.18. The summed E-state index contributed by atoms with van der Waals surface area (Å²) in [6.45, 7) is 4.48. The molecule has 1 amide bonds. The molecule has 18 heavy (non-hydrogen) atoms. The van der Waals surface area contributed by atoms with Crippen molar-refractivity contribution in [2.75, 3.05) is 33.4 Å². The number of carbonyl (C=O) groups is 1. The number of methoxy groups -OCH3 is 1. The Balaban J connectivity index is 2.32. The molecule has 0 bridgehead atoms. The number of nitrogens with one attached hydrogen (secondary N) is 2. The van der Waals surface area contributed by atoms with Crippen LogP contribution in [0.2, 0.25) is 0 Å². The highest BCUT2D eigenvalue weighted by Gasteiger charge is 2.08. The van der Waals surface area contributed by atoms with Crippen LogP contribution in [-0.4, -0.2) is 44.4 Å². The molecule has 5 heteroatoms. The van der Waals surface area contributed by atoms with Crippen molar-refractivity contribution >= 4 is 5.91 Å². The summed E-state index contributed by atoms with van der Waals surface area (Å²) in [7, 11) is 1.65. The van der Waals surface area contributed by atoms with Gasteiger partial charge in [0, 0.05) is 32.3 Å². The summed E-state index contributed by atoms with van der Waals surface area (Å²) in [5.41, 5.74) is 1.35. The van der Waals surface area contributed by atoms with Gasteiger partial charge >= 0.3 is 0 Å². The lowest BCUT2D eigenvalue weighted by atomic mass is 10.1. The molecule has 0 spiro atoms. The van der Waals surface area contributed by atoms with Gasteiger partial charge in [0.25, 0.3) is 5.91 Å². The number of hydrogen-bond acceptors (Lipinski definition) is 4. The van der Waals surface area contributed by atoms with Gasteiger partial charge in [0.05, 0.1) is 6.61 Å². The van der Waals surface area contributed by atoms with Crippen LogP contribution in [0, 0.1) is 6.92 Å². The fourth-order valence-corrected chi connectivity index (χ4v) is 1.56. The minimum atomic E-state index is -0.124. The molecule has 0 atom stereocenters. The first-order chi connectivity index (χ1) is 8.65. The summed E-state index contributed by atoms with van der Waals surface area (Å²) < 4.78 is 4.89. The number of phenolic OH excluding ortho intramolecular Hbond substituents is 1. The fraction of sp³-hybridized carbons (Fsp3) is 0.462. The topological polar surface area (TPSA) is 70.6 Å². The van der Waals surface area contributed by atoms with E-state index in [-0.39, 0.29) is 11.7 Å². The van der Waals surface area contributed by atoms with Crippen molar-refractivity contribution in [3.63, 3.8) is 0 Å². The molecule has 5 nitrogen and oxygen atoms in total. The maximum atomic E-state index is 11.8. The van der Waals surface area contributed by atoms with Gasteiger partial charge in [-0.15, -0.1) is 0 Å². The van der Waals surface area contributed by atoms with Crippen molar-refractivity contribution in [3.05, 3.63) is 29.3 Å². The van der Waals surface area contributed by atoms with E-state index < -0.39 is 0 Å². The first-order valence-corrected chi connectivity index (χ1v) is 5.92. The average molecular weight is 252 g/mol. The van der Waals surface area contributed by atoms with E-state index in [2.05, 4.69) is 10.6 Å². The van der Waals surface area contributed by atoms with Gasteiger partial charge in [-0.2, -0.15) is 0 Å². The number of aromatic hydroxyl groups is 1. The van der Waals surface area contributed by atoms with E-state index in [1.54, 1.807) is 26.2 Å². The maximum Gasteiger partial charge on any atom is 0.251 e. The number of benzene rings is 1. The van der Waals surface area contributed by atoms with Gasteiger partial charge in [0.1, 0.15) is 5.75 Å². The molecule has 1 aromatic carbocycles. The molecule has 0 aliphatic carbocycles. The van der Waals surface area contributed by atoms with Gasteiger partial charge in [0.2, 0.25) is 0 Å². The molecule has 0 saturated carbocycles. The molecule has 1 aromatic rings. The second kappa shape index (κ2) is 7.68. The molecule has 3 N–H and O–H groups in total. The Hall–Kier alpha value is -1.59. The second-order valence-electron chi connectivity index (χ2n) is 4.00. The van der Waals surface area contributed by atoms with Crippen molar-refractivity contribution in [2.24, 2.45) is 0 Å². The third-order valence-corrected chi connectivity index (χ3v) is 2.52. The van der Waals surface area contributed by atoms with Gasteiger partial charge in [-0.05, 0) is 30.7 Å². The summed E-state index contributed by atoms with van der Waals surface area (Å²) >= 11 is 0. The molecular formula is C13H20N2O3. The highest BCUT2D eigenvalue weighted by molar-refractivity contribution is 5.95. The van der Waals surface area contributed by atoms with E-state index in [1.807, 2.05) is 0 Å². The molecule has 0 radical (unpaired) electrons. The molecule has 0 aliphatic rings. The Bertz CT molecular complexity index is 394. The molecule has 0 aromatic heterocycles. The third-order valence-electron chi connectivity index (χ3n) is 2.52. The van der Waals surface area contributed by atoms with Gasteiger partial charge in [-0.1, -0.05) is 0 Å². The van der Waals surface area contributed by atoms with Crippen LogP contribution in [0.3, 0.4) is 0 Å². The van der Waals surface area contributed by atoms with Crippen molar-refractivity contribution in [3.8, 4) is 5.75 Å². The summed E-state index contributed by atoms with van der Waals surface area (Å²) in [6, 6.07) is 4.71. The first-order valence-electron chi connectivity index (χ1n) is 5.92. The lowest BCUT2D eigenvalue weighted by Gasteiger charge is -2.08. The summed E-state index contributed by atoms with van der Waals surface area (Å²) in [4.78, 5) is 11.8. The zero-order chi connectivity index (χ0) is 13.4. The number of phenols is 1. The Labute approximate surface area is 107 Å². The molecule has 1 rings (SSSR count). The summed E-state index contributed by atoms with van der Waals surface area (Å²) in [5.74, 6) is 0.0475. The molecular weight excluding hydrogens is 232 g/mol. The SMILES string of the molecule is COCCNCCNC(=O)c1ccc(O)cc1C. The van der Waals surface area contributed by atoms with E-state index >= 15 is 0 Å². The van der Waals surface area contributed by atoms with Crippen molar-refractivity contribution in [1.29, 1.82) is 0 Å². The Morgan fingerprint density at radius 3 is 2.78 bits per heavy atom. The largest absolute Gasteiger partial charge is 0.508 e. The van der Waals surface area contributed by atoms with Crippen LogP contribution in [0.4, 0.5) is 0 Å². The van der Waals surface area contributed by atoms with E-state index in [9.17, 15) is 9.90 Å². The Morgan fingerprint density at radius 1 is 1.33 bits per heavy atom. The third kappa shape index (κ3) is 4.73. The van der Waals surface area contributed by atoms with Crippen molar-refractivity contribution in [1.82, 2.24) is 10.6 Å². The zero-order valence-corrected chi connectivity index (χ0v) is 10.8. The van der Waals surface area contributed by atoms with Crippen LogP contribution in [0.15, 0.2) is 18.2 Å². The lowest BCUT2D eigenvalue weighted by Crippen LogP contribution is -2.33. The number of rotatable bonds is 7. The number of carbonyl (C=O) groups excluding carboxylic acids is 1. The number of amides is 1. The smallest absolute Gasteiger partial charge is 0.251 e. The van der Waals surface area contributed by atoms with Gasteiger partial charge in [0.15, 0.2) is 0 Å². The average Bonchev–Trinajstić information content (AvgIpc) is 2.33. The first kappa shape index (κ1) is 14.5. The molecule has 0 aliphatic heterocycles. The van der Waals surface area contributed by atoms with Crippen molar-refractivity contribution in [2.45, 2.75) is 6.92 Å². The monoisotopic (exact) mass is 252 g/mol. The molecule has 0 saturated heterocycles. The molecule has 100 valence electrons. The van der Waals surface area contributed by atoms with Crippen LogP contribution in [0.5, 0.6) is 5.75 Å². The van der Waals surface area contributed by atoms with E-state index in [1.165, 1.54) is 6.07 Å².